The molecule has 0 aliphatic heterocycles. The van der Waals surface area contributed by atoms with Crippen molar-refractivity contribution in [2.24, 2.45) is 7.05 Å². The molecule has 0 radical (unpaired) electrons. The van der Waals surface area contributed by atoms with Gasteiger partial charge in [-0.1, -0.05) is 18.2 Å². The molecule has 5 heteroatoms. The van der Waals surface area contributed by atoms with E-state index < -0.39 is 0 Å². The number of fused-ring (bicyclic) bond motifs is 1. The zero-order valence-corrected chi connectivity index (χ0v) is 15.6. The summed E-state index contributed by atoms with van der Waals surface area (Å²) in [5, 5.41) is 4.23. The number of benzene rings is 2. The second kappa shape index (κ2) is 7.52. The van der Waals surface area contributed by atoms with E-state index in [1.165, 1.54) is 22.2 Å². The molecule has 0 spiro atoms. The highest BCUT2D eigenvalue weighted by Gasteiger charge is 2.13. The average Bonchev–Trinajstić information content (AvgIpc) is 2.92. The molecule has 1 N–H and O–H groups in total. The molecule has 136 valence electrons. The molecule has 1 amide bonds. The fraction of sp³-hybridized carbons (Fsp3) is 0.286. The second-order valence-electron chi connectivity index (χ2n) is 6.25. The van der Waals surface area contributed by atoms with E-state index in [4.69, 9.17) is 9.47 Å². The van der Waals surface area contributed by atoms with Crippen molar-refractivity contribution >= 4 is 16.8 Å². The van der Waals surface area contributed by atoms with Gasteiger partial charge in [0.2, 0.25) is 0 Å². The number of carbonyl (C=O) groups is 1. The first-order valence-electron chi connectivity index (χ1n) is 8.59. The van der Waals surface area contributed by atoms with Crippen molar-refractivity contribution < 1.29 is 14.3 Å². The highest BCUT2D eigenvalue weighted by Crippen LogP contribution is 2.25. The van der Waals surface area contributed by atoms with E-state index in [2.05, 4.69) is 36.0 Å². The molecule has 3 rings (SSSR count). The Labute approximate surface area is 153 Å². The van der Waals surface area contributed by atoms with Crippen molar-refractivity contribution in [3.8, 4) is 11.5 Å². The van der Waals surface area contributed by atoms with E-state index in [0.29, 0.717) is 23.6 Å². The van der Waals surface area contributed by atoms with Gasteiger partial charge in [-0.15, -0.1) is 0 Å². The summed E-state index contributed by atoms with van der Waals surface area (Å²) in [5.74, 6) is 1.05. The van der Waals surface area contributed by atoms with Crippen LogP contribution >= 0.6 is 0 Å². The van der Waals surface area contributed by atoms with Gasteiger partial charge in [-0.2, -0.15) is 0 Å². The minimum Gasteiger partial charge on any atom is -0.497 e. The summed E-state index contributed by atoms with van der Waals surface area (Å²) in [5.41, 5.74) is 4.23. The molecular formula is C21H24N2O3. The molecule has 0 unspecified atom stereocenters. The number of carbonyl (C=O) groups excluding carboxylic acids is 1. The van der Waals surface area contributed by atoms with E-state index in [-0.39, 0.29) is 5.91 Å². The minimum atomic E-state index is -0.139. The van der Waals surface area contributed by atoms with E-state index in [1.807, 2.05) is 12.1 Å². The van der Waals surface area contributed by atoms with Gasteiger partial charge in [0.15, 0.2) is 0 Å². The van der Waals surface area contributed by atoms with E-state index in [0.717, 1.165) is 6.42 Å². The fourth-order valence-electron chi connectivity index (χ4n) is 3.26. The second-order valence-corrected chi connectivity index (χ2v) is 6.25. The van der Waals surface area contributed by atoms with E-state index >= 15 is 0 Å². The van der Waals surface area contributed by atoms with Crippen LogP contribution in [0.5, 0.6) is 11.5 Å². The standard InChI is InChI=1S/C21H24N2O3/c1-14-18(19-7-5-6-8-20(19)23(14)2)9-10-22-21(24)15-11-16(25-3)13-17(12-15)26-4/h5-8,11-13H,9-10H2,1-4H3,(H,22,24). The molecule has 0 aliphatic rings. The normalized spacial score (nSPS) is 10.8. The highest BCUT2D eigenvalue weighted by molar-refractivity contribution is 5.95. The number of aromatic nitrogens is 1. The van der Waals surface area contributed by atoms with Crippen molar-refractivity contribution in [3.05, 3.63) is 59.3 Å². The topological polar surface area (TPSA) is 52.5 Å². The van der Waals surface area contributed by atoms with Crippen molar-refractivity contribution in [2.75, 3.05) is 20.8 Å². The maximum atomic E-state index is 12.5. The van der Waals surface area contributed by atoms with Crippen LogP contribution in [-0.2, 0) is 13.5 Å². The minimum absolute atomic E-state index is 0.139. The smallest absolute Gasteiger partial charge is 0.251 e. The van der Waals surface area contributed by atoms with Crippen LogP contribution in [0.25, 0.3) is 10.9 Å². The zero-order valence-electron chi connectivity index (χ0n) is 15.6. The molecule has 0 saturated carbocycles. The van der Waals surface area contributed by atoms with Gasteiger partial charge in [-0.05, 0) is 37.1 Å². The summed E-state index contributed by atoms with van der Waals surface area (Å²) in [7, 11) is 5.21. The van der Waals surface area contributed by atoms with Gasteiger partial charge in [0.05, 0.1) is 14.2 Å². The molecule has 0 bridgehead atoms. The average molecular weight is 352 g/mol. The van der Waals surface area contributed by atoms with Crippen molar-refractivity contribution in [3.63, 3.8) is 0 Å². The Bertz CT molecular complexity index is 922. The molecule has 0 aliphatic carbocycles. The monoisotopic (exact) mass is 352 g/mol. The molecule has 1 heterocycles. The number of para-hydroxylation sites is 1. The lowest BCUT2D eigenvalue weighted by atomic mass is 10.1. The third-order valence-electron chi connectivity index (χ3n) is 4.80. The van der Waals surface area contributed by atoms with Crippen LogP contribution in [0.2, 0.25) is 0 Å². The number of hydrogen-bond acceptors (Lipinski definition) is 3. The molecule has 5 nitrogen and oxygen atoms in total. The SMILES string of the molecule is COc1cc(OC)cc(C(=O)NCCc2c(C)n(C)c3ccccc23)c1. The lowest BCUT2D eigenvalue weighted by Crippen LogP contribution is -2.25. The number of hydrogen-bond donors (Lipinski definition) is 1. The number of ether oxygens (including phenoxy) is 2. The van der Waals surface area contributed by atoms with E-state index in [1.54, 1.807) is 32.4 Å². The highest BCUT2D eigenvalue weighted by atomic mass is 16.5. The largest absolute Gasteiger partial charge is 0.497 e. The number of amides is 1. The molecule has 1 aromatic heterocycles. The quantitative estimate of drug-likeness (QED) is 0.739. The summed E-state index contributed by atoms with van der Waals surface area (Å²) in [6.45, 7) is 2.68. The Hall–Kier alpha value is -2.95. The number of aryl methyl sites for hydroxylation is 1. The summed E-state index contributed by atoms with van der Waals surface area (Å²) in [6.07, 6.45) is 0.778. The van der Waals surface area contributed by atoms with E-state index in [9.17, 15) is 4.79 Å². The first-order valence-corrected chi connectivity index (χ1v) is 8.59. The Balaban J connectivity index is 1.73. The van der Waals surface area contributed by atoms with Crippen molar-refractivity contribution in [1.82, 2.24) is 9.88 Å². The molecule has 0 saturated heterocycles. The summed E-state index contributed by atoms with van der Waals surface area (Å²) in [6, 6.07) is 13.5. The van der Waals surface area contributed by atoms with Crippen LogP contribution in [0.15, 0.2) is 42.5 Å². The van der Waals surface area contributed by atoms with Gasteiger partial charge in [0.1, 0.15) is 11.5 Å². The first-order chi connectivity index (χ1) is 12.5. The Morgan fingerprint density at radius 1 is 1.08 bits per heavy atom. The summed E-state index contributed by atoms with van der Waals surface area (Å²) < 4.78 is 12.6. The van der Waals surface area contributed by atoms with Crippen LogP contribution in [0, 0.1) is 6.92 Å². The fourth-order valence-corrected chi connectivity index (χ4v) is 3.26. The lowest BCUT2D eigenvalue weighted by Gasteiger charge is -2.09. The lowest BCUT2D eigenvalue weighted by molar-refractivity contribution is 0.0953. The molecule has 26 heavy (non-hydrogen) atoms. The summed E-state index contributed by atoms with van der Waals surface area (Å²) in [4.78, 5) is 12.5. The Morgan fingerprint density at radius 3 is 2.38 bits per heavy atom. The van der Waals surface area contributed by atoms with Gasteiger partial charge in [0, 0.05) is 41.8 Å². The van der Waals surface area contributed by atoms with Gasteiger partial charge in [-0.25, -0.2) is 0 Å². The predicted octanol–water partition coefficient (Wildman–Crippen LogP) is 3.48. The molecule has 0 atom stereocenters. The van der Waals surface area contributed by atoms with Crippen molar-refractivity contribution in [1.29, 1.82) is 0 Å². The number of nitrogens with one attached hydrogen (secondary N) is 1. The third kappa shape index (κ3) is 3.38. The van der Waals surface area contributed by atoms with Crippen LogP contribution in [0.4, 0.5) is 0 Å². The van der Waals surface area contributed by atoms with Gasteiger partial charge < -0.3 is 19.4 Å². The van der Waals surface area contributed by atoms with Crippen molar-refractivity contribution in [2.45, 2.75) is 13.3 Å². The number of methoxy groups -OCH3 is 2. The van der Waals surface area contributed by atoms with Crippen LogP contribution in [-0.4, -0.2) is 31.2 Å². The predicted molar refractivity (Wildman–Crippen MR) is 103 cm³/mol. The van der Waals surface area contributed by atoms with Crippen LogP contribution in [0.3, 0.4) is 0 Å². The molecule has 2 aromatic carbocycles. The summed E-state index contributed by atoms with van der Waals surface area (Å²) >= 11 is 0. The van der Waals surface area contributed by atoms with Gasteiger partial charge in [-0.3, -0.25) is 4.79 Å². The molecule has 0 fully saturated rings. The Morgan fingerprint density at radius 2 is 1.73 bits per heavy atom. The zero-order chi connectivity index (χ0) is 18.7. The number of rotatable bonds is 6. The maximum absolute atomic E-state index is 12.5. The molecule has 3 aromatic rings. The van der Waals surface area contributed by atoms with Gasteiger partial charge >= 0.3 is 0 Å². The van der Waals surface area contributed by atoms with Crippen LogP contribution < -0.4 is 14.8 Å². The third-order valence-corrected chi connectivity index (χ3v) is 4.80. The number of nitrogens with zero attached hydrogens (tertiary/aromatic N) is 1. The maximum Gasteiger partial charge on any atom is 0.251 e. The molecular weight excluding hydrogens is 328 g/mol. The van der Waals surface area contributed by atoms with Gasteiger partial charge in [0.25, 0.3) is 5.91 Å². The Kier molecular flexibility index (Phi) is 5.16. The van der Waals surface area contributed by atoms with Crippen LogP contribution in [0.1, 0.15) is 21.6 Å². The first kappa shape index (κ1) is 17.9.